The van der Waals surface area contributed by atoms with Gasteiger partial charge in [0.05, 0.1) is 19.5 Å². The smallest absolute Gasteiger partial charge is 0.472 e. The van der Waals surface area contributed by atoms with Crippen molar-refractivity contribution >= 4 is 13.8 Å². The maximum Gasteiger partial charge on any atom is 0.472 e. The summed E-state index contributed by atoms with van der Waals surface area (Å²) in [6, 6.07) is 0. The average molecular weight is 724 g/mol. The molecule has 0 rings (SSSR count). The standard InChI is InChI=1S/C41H74NO7P/c1-3-5-7-9-11-13-15-17-19-21-23-25-27-29-31-33-36-46-40(39-49-50(44,45)48-37-35-42)38-47-41(43)34-32-30-28-26-24-22-20-18-16-14-12-10-8-6-4-2/h6,8,12,14,17-20,33,36,40H,3-5,7,9-11,13,15-16,21-32,34-35,37-39,42H2,1-2H3,(H,44,45). The molecule has 0 saturated heterocycles. The zero-order valence-corrected chi connectivity index (χ0v) is 32.8. The van der Waals surface area contributed by atoms with E-state index < -0.39 is 13.9 Å². The number of esters is 1. The summed E-state index contributed by atoms with van der Waals surface area (Å²) < 4.78 is 33.1. The normalized spacial score (nSPS) is 14.2. The highest BCUT2D eigenvalue weighted by molar-refractivity contribution is 7.47. The second-order valence-electron chi connectivity index (χ2n) is 12.8. The Balaban J connectivity index is 4.18. The molecule has 0 radical (unpaired) electrons. The lowest BCUT2D eigenvalue weighted by atomic mass is 10.1. The number of hydrogen-bond donors (Lipinski definition) is 2. The number of carbonyl (C=O) groups is 1. The molecule has 8 nitrogen and oxygen atoms in total. The number of ether oxygens (including phenoxy) is 2. The number of nitrogens with two attached hydrogens (primary N) is 1. The SMILES string of the molecule is CCC=CCC=CCC=CCCCCCCCC(=O)OCC(COP(=O)(O)OCCN)OC=CCCCCCCC=CCCCCCCCC. The van der Waals surface area contributed by atoms with E-state index in [0.717, 1.165) is 83.5 Å². The van der Waals surface area contributed by atoms with Crippen molar-refractivity contribution in [2.45, 2.75) is 168 Å². The van der Waals surface area contributed by atoms with Crippen molar-refractivity contribution in [3.05, 3.63) is 60.9 Å². The van der Waals surface area contributed by atoms with E-state index in [4.69, 9.17) is 24.3 Å². The number of unbranched alkanes of at least 4 members (excludes halogenated alkanes) is 16. The molecule has 290 valence electrons. The van der Waals surface area contributed by atoms with E-state index in [1.807, 2.05) is 6.08 Å². The zero-order valence-electron chi connectivity index (χ0n) is 31.9. The van der Waals surface area contributed by atoms with Gasteiger partial charge in [-0.1, -0.05) is 127 Å². The van der Waals surface area contributed by atoms with E-state index in [1.54, 1.807) is 6.26 Å². The largest absolute Gasteiger partial charge is 0.492 e. The van der Waals surface area contributed by atoms with Crippen LogP contribution in [0.2, 0.25) is 0 Å². The topological polar surface area (TPSA) is 117 Å². The van der Waals surface area contributed by atoms with Crippen LogP contribution in [0.15, 0.2) is 60.9 Å². The highest BCUT2D eigenvalue weighted by atomic mass is 31.2. The molecule has 3 N–H and O–H groups in total. The van der Waals surface area contributed by atoms with Gasteiger partial charge in [0.25, 0.3) is 0 Å². The van der Waals surface area contributed by atoms with Crippen LogP contribution < -0.4 is 5.73 Å². The molecule has 0 saturated carbocycles. The predicted octanol–water partition coefficient (Wildman–Crippen LogP) is 11.8. The van der Waals surface area contributed by atoms with E-state index >= 15 is 0 Å². The molecule has 0 spiro atoms. The Kier molecular flexibility index (Phi) is 36.8. The molecule has 0 aliphatic heterocycles. The van der Waals surface area contributed by atoms with Gasteiger partial charge < -0.3 is 20.1 Å². The molecule has 0 aliphatic rings. The van der Waals surface area contributed by atoms with Crippen LogP contribution in [0, 0.1) is 0 Å². The minimum Gasteiger partial charge on any atom is -0.492 e. The first-order valence-corrected chi connectivity index (χ1v) is 21.3. The molecular weight excluding hydrogens is 649 g/mol. The van der Waals surface area contributed by atoms with Gasteiger partial charge in [-0.25, -0.2) is 4.57 Å². The molecule has 50 heavy (non-hydrogen) atoms. The fourth-order valence-electron chi connectivity index (χ4n) is 5.05. The molecule has 2 atom stereocenters. The summed E-state index contributed by atoms with van der Waals surface area (Å²) in [6.45, 7) is 4.05. The van der Waals surface area contributed by atoms with Gasteiger partial charge in [-0.15, -0.1) is 0 Å². The fourth-order valence-corrected chi connectivity index (χ4v) is 5.81. The molecule has 0 aromatic rings. The lowest BCUT2D eigenvalue weighted by Crippen LogP contribution is -2.25. The van der Waals surface area contributed by atoms with Gasteiger partial charge in [-0.3, -0.25) is 13.8 Å². The first kappa shape index (κ1) is 48.0. The fraction of sp³-hybridized carbons (Fsp3) is 0.732. The van der Waals surface area contributed by atoms with Crippen LogP contribution in [0.5, 0.6) is 0 Å². The van der Waals surface area contributed by atoms with Crippen LogP contribution in [0.25, 0.3) is 0 Å². The zero-order chi connectivity index (χ0) is 36.6. The number of carbonyl (C=O) groups excluding carboxylic acids is 1. The molecule has 2 unspecified atom stereocenters. The molecule has 0 aromatic heterocycles. The third kappa shape index (κ3) is 37.3. The van der Waals surface area contributed by atoms with Crippen molar-refractivity contribution < 1.29 is 32.8 Å². The van der Waals surface area contributed by atoms with E-state index in [9.17, 15) is 14.3 Å². The minimum absolute atomic E-state index is 0.0800. The molecule has 0 heterocycles. The molecule has 9 heteroatoms. The first-order chi connectivity index (χ1) is 24.4. The van der Waals surface area contributed by atoms with Crippen molar-refractivity contribution in [1.29, 1.82) is 0 Å². The van der Waals surface area contributed by atoms with Crippen molar-refractivity contribution in [3.63, 3.8) is 0 Å². The highest BCUT2D eigenvalue weighted by Gasteiger charge is 2.24. The summed E-state index contributed by atoms with van der Waals surface area (Å²) >= 11 is 0. The lowest BCUT2D eigenvalue weighted by molar-refractivity contribution is -0.147. The second-order valence-corrected chi connectivity index (χ2v) is 14.3. The van der Waals surface area contributed by atoms with Gasteiger partial charge in [0.15, 0.2) is 6.10 Å². The van der Waals surface area contributed by atoms with Gasteiger partial charge in [0.1, 0.15) is 6.61 Å². The Morgan fingerprint density at radius 3 is 1.72 bits per heavy atom. The van der Waals surface area contributed by atoms with Gasteiger partial charge in [0.2, 0.25) is 0 Å². The Hall–Kier alpha value is -1.96. The summed E-state index contributed by atoms with van der Waals surface area (Å²) in [6.07, 6.45) is 46.2. The quantitative estimate of drug-likeness (QED) is 0.0214. The average Bonchev–Trinajstić information content (AvgIpc) is 3.11. The monoisotopic (exact) mass is 724 g/mol. The highest BCUT2D eigenvalue weighted by Crippen LogP contribution is 2.43. The van der Waals surface area contributed by atoms with Gasteiger partial charge in [0, 0.05) is 13.0 Å². The van der Waals surface area contributed by atoms with Crippen LogP contribution in [-0.4, -0.2) is 43.3 Å². The lowest BCUT2D eigenvalue weighted by Gasteiger charge is -2.19. The third-order valence-corrected chi connectivity index (χ3v) is 8.99. The number of phosphoric ester groups is 1. The van der Waals surface area contributed by atoms with Gasteiger partial charge in [-0.05, 0) is 83.1 Å². The summed E-state index contributed by atoms with van der Waals surface area (Å²) in [5.74, 6) is -0.312. The second kappa shape index (κ2) is 38.3. The van der Waals surface area contributed by atoms with E-state index in [-0.39, 0.29) is 32.3 Å². The Morgan fingerprint density at radius 1 is 0.640 bits per heavy atom. The number of phosphoric acid groups is 1. The van der Waals surface area contributed by atoms with Crippen LogP contribution in [0.1, 0.15) is 162 Å². The van der Waals surface area contributed by atoms with Gasteiger partial charge in [-0.2, -0.15) is 0 Å². The Bertz CT molecular complexity index is 947. The number of rotatable bonds is 37. The maximum atomic E-state index is 12.4. The molecule has 0 amide bonds. The number of allylic oxidation sites excluding steroid dienone is 9. The van der Waals surface area contributed by atoms with E-state index in [2.05, 4.69) is 62.5 Å². The first-order valence-electron chi connectivity index (χ1n) is 19.8. The van der Waals surface area contributed by atoms with Crippen LogP contribution in [0.3, 0.4) is 0 Å². The molecule has 0 aliphatic carbocycles. The molecular formula is C41H74NO7P. The van der Waals surface area contributed by atoms with E-state index in [1.165, 1.54) is 57.8 Å². The third-order valence-electron chi connectivity index (χ3n) is 8.01. The summed E-state index contributed by atoms with van der Waals surface area (Å²) in [4.78, 5) is 22.2. The predicted molar refractivity (Wildman–Crippen MR) is 210 cm³/mol. The van der Waals surface area contributed by atoms with Crippen molar-refractivity contribution in [1.82, 2.24) is 0 Å². The van der Waals surface area contributed by atoms with E-state index in [0.29, 0.717) is 6.42 Å². The van der Waals surface area contributed by atoms with Crippen LogP contribution >= 0.6 is 7.82 Å². The maximum absolute atomic E-state index is 12.4. The summed E-state index contributed by atoms with van der Waals surface area (Å²) in [5, 5.41) is 0. The van der Waals surface area contributed by atoms with Gasteiger partial charge >= 0.3 is 13.8 Å². The molecule has 0 bridgehead atoms. The van der Waals surface area contributed by atoms with Crippen molar-refractivity contribution in [3.8, 4) is 0 Å². The number of hydrogen-bond acceptors (Lipinski definition) is 7. The Labute approximate surface area is 306 Å². The van der Waals surface area contributed by atoms with Crippen LogP contribution in [0.4, 0.5) is 0 Å². The van der Waals surface area contributed by atoms with Crippen molar-refractivity contribution in [2.24, 2.45) is 5.73 Å². The summed E-state index contributed by atoms with van der Waals surface area (Å²) in [5.41, 5.74) is 5.35. The van der Waals surface area contributed by atoms with Crippen molar-refractivity contribution in [2.75, 3.05) is 26.4 Å². The molecule has 0 fully saturated rings. The molecule has 0 aromatic carbocycles. The summed E-state index contributed by atoms with van der Waals surface area (Å²) in [7, 11) is -4.27. The Morgan fingerprint density at radius 2 is 1.14 bits per heavy atom. The minimum atomic E-state index is -4.27. The van der Waals surface area contributed by atoms with Crippen LogP contribution in [-0.2, 0) is 27.9 Å².